The Morgan fingerprint density at radius 1 is 0.909 bits per heavy atom. The molecule has 2 atom stereocenters. The molecule has 4 nitrogen and oxygen atoms in total. The summed E-state index contributed by atoms with van der Waals surface area (Å²) in [7, 11) is 0. The third-order valence-electron chi connectivity index (χ3n) is 6.35. The maximum atomic E-state index is 13.1. The third-order valence-corrected chi connectivity index (χ3v) is 7.03. The van der Waals surface area contributed by atoms with Crippen LogP contribution in [-0.2, 0) is 11.1 Å². The summed E-state index contributed by atoms with van der Waals surface area (Å²) in [5, 5.41) is 0.569. The highest BCUT2D eigenvalue weighted by molar-refractivity contribution is 6.64. The van der Waals surface area contributed by atoms with Crippen molar-refractivity contribution in [2.24, 2.45) is 4.99 Å². The van der Waals surface area contributed by atoms with Gasteiger partial charge in [-0.1, -0.05) is 59.6 Å². The molecule has 3 aromatic carbocycles. The zero-order valence-corrected chi connectivity index (χ0v) is 20.7. The van der Waals surface area contributed by atoms with Crippen molar-refractivity contribution in [2.45, 2.75) is 31.8 Å². The van der Waals surface area contributed by atoms with E-state index >= 15 is 0 Å². The molecule has 4 rings (SSSR count). The van der Waals surface area contributed by atoms with Gasteiger partial charge >= 0.3 is 5.37 Å². The molecular formula is C26H23Cl3N2O2. The molecule has 0 aliphatic carbocycles. The van der Waals surface area contributed by atoms with Crippen molar-refractivity contribution in [1.29, 1.82) is 0 Å². The van der Waals surface area contributed by atoms with Crippen LogP contribution in [0.2, 0.25) is 10.0 Å². The molecule has 2 unspecified atom stereocenters. The number of carbonyl (C=O) groups excluding carboxylic acids is 1. The number of aliphatic imine (C=N–C) groups is 1. The molecule has 1 heterocycles. The number of para-hydroxylation sites is 1. The number of carbonyl (C=O) groups is 1. The van der Waals surface area contributed by atoms with Gasteiger partial charge in [-0.25, -0.2) is 0 Å². The molecule has 0 saturated carbocycles. The van der Waals surface area contributed by atoms with Gasteiger partial charge in [-0.05, 0) is 79.9 Å². The van der Waals surface area contributed by atoms with E-state index < -0.39 is 16.4 Å². The van der Waals surface area contributed by atoms with Crippen molar-refractivity contribution >= 4 is 46.0 Å². The summed E-state index contributed by atoms with van der Waals surface area (Å²) in [5.41, 5.74) is 0.539. The van der Waals surface area contributed by atoms with Crippen LogP contribution >= 0.6 is 34.8 Å². The summed E-state index contributed by atoms with van der Waals surface area (Å²) >= 11 is 18.6. The minimum absolute atomic E-state index is 0.439. The SMILES string of the molecule is CCOc1ccccc1C1=NC(C)(c2ccc(Cl)cc2)C(C)(c2ccc(Cl)cc2)N1C(=O)Cl. The van der Waals surface area contributed by atoms with Gasteiger partial charge in [0.05, 0.1) is 12.2 Å². The van der Waals surface area contributed by atoms with Gasteiger partial charge in [0.2, 0.25) is 0 Å². The smallest absolute Gasteiger partial charge is 0.322 e. The zero-order chi connectivity index (χ0) is 23.8. The lowest BCUT2D eigenvalue weighted by atomic mass is 9.71. The van der Waals surface area contributed by atoms with Gasteiger partial charge in [0, 0.05) is 10.0 Å². The largest absolute Gasteiger partial charge is 0.493 e. The van der Waals surface area contributed by atoms with E-state index in [1.807, 2.05) is 81.4 Å². The van der Waals surface area contributed by atoms with Crippen molar-refractivity contribution < 1.29 is 9.53 Å². The second-order valence-electron chi connectivity index (χ2n) is 8.11. The molecule has 0 saturated heterocycles. The Kier molecular flexibility index (Phi) is 6.45. The lowest BCUT2D eigenvalue weighted by molar-refractivity contribution is 0.149. The summed E-state index contributed by atoms with van der Waals surface area (Å²) < 4.78 is 5.86. The van der Waals surface area contributed by atoms with Gasteiger partial charge < -0.3 is 4.74 Å². The molecule has 1 aliphatic heterocycles. The first-order valence-electron chi connectivity index (χ1n) is 10.6. The Balaban J connectivity index is 2.03. The van der Waals surface area contributed by atoms with Crippen molar-refractivity contribution in [3.63, 3.8) is 0 Å². The van der Waals surface area contributed by atoms with Crippen LogP contribution < -0.4 is 4.74 Å². The number of hydrogen-bond acceptors (Lipinski definition) is 3. The highest BCUT2D eigenvalue weighted by Gasteiger charge is 2.59. The fraction of sp³-hybridized carbons (Fsp3) is 0.231. The van der Waals surface area contributed by atoms with E-state index in [0.717, 1.165) is 11.1 Å². The topological polar surface area (TPSA) is 41.9 Å². The predicted octanol–water partition coefficient (Wildman–Crippen LogP) is 7.64. The molecule has 1 aliphatic rings. The molecule has 170 valence electrons. The summed E-state index contributed by atoms with van der Waals surface area (Å²) in [6.45, 7) is 6.34. The van der Waals surface area contributed by atoms with Gasteiger partial charge in [-0.15, -0.1) is 0 Å². The highest BCUT2D eigenvalue weighted by Crippen LogP contribution is 2.53. The lowest BCUT2D eigenvalue weighted by Crippen LogP contribution is -2.53. The molecule has 0 fully saturated rings. The van der Waals surface area contributed by atoms with Gasteiger partial charge in [0.15, 0.2) is 0 Å². The summed E-state index contributed by atoms with van der Waals surface area (Å²) in [4.78, 5) is 19.8. The number of benzene rings is 3. The molecule has 0 N–H and O–H groups in total. The van der Waals surface area contributed by atoms with E-state index in [0.29, 0.717) is 33.8 Å². The number of hydrogen-bond donors (Lipinski definition) is 0. The molecule has 0 aromatic heterocycles. The maximum absolute atomic E-state index is 13.1. The molecule has 0 bridgehead atoms. The van der Waals surface area contributed by atoms with Gasteiger partial charge in [-0.3, -0.25) is 14.7 Å². The molecule has 0 spiro atoms. The first-order valence-corrected chi connectivity index (χ1v) is 11.7. The van der Waals surface area contributed by atoms with Crippen LogP contribution in [0.4, 0.5) is 4.79 Å². The second-order valence-corrected chi connectivity index (χ2v) is 9.31. The third kappa shape index (κ3) is 3.90. The fourth-order valence-electron chi connectivity index (χ4n) is 4.48. The van der Waals surface area contributed by atoms with Gasteiger partial charge in [0.25, 0.3) is 0 Å². The van der Waals surface area contributed by atoms with Crippen molar-refractivity contribution in [3.8, 4) is 5.75 Å². The quantitative estimate of drug-likeness (QED) is 0.266. The average molecular weight is 502 g/mol. The molecule has 3 aromatic rings. The van der Waals surface area contributed by atoms with E-state index in [-0.39, 0.29) is 0 Å². The van der Waals surface area contributed by atoms with E-state index in [4.69, 9.17) is 44.5 Å². The maximum Gasteiger partial charge on any atom is 0.322 e. The van der Waals surface area contributed by atoms with Crippen LogP contribution in [0, 0.1) is 0 Å². The number of nitrogens with zero attached hydrogens (tertiary/aromatic N) is 2. The molecule has 1 amide bonds. The second kappa shape index (κ2) is 9.02. The fourth-order valence-corrected chi connectivity index (χ4v) is 4.98. The number of ether oxygens (including phenoxy) is 1. The van der Waals surface area contributed by atoms with Crippen LogP contribution in [0.5, 0.6) is 5.75 Å². The Hall–Kier alpha value is -2.53. The highest BCUT2D eigenvalue weighted by atomic mass is 35.5. The van der Waals surface area contributed by atoms with Crippen LogP contribution in [0.1, 0.15) is 37.5 Å². The molecular weight excluding hydrogens is 479 g/mol. The number of amidine groups is 1. The van der Waals surface area contributed by atoms with Crippen molar-refractivity contribution in [2.75, 3.05) is 6.61 Å². The van der Waals surface area contributed by atoms with E-state index in [2.05, 4.69) is 0 Å². The summed E-state index contributed by atoms with van der Waals surface area (Å²) in [5.74, 6) is 1.06. The van der Waals surface area contributed by atoms with E-state index in [1.54, 1.807) is 17.0 Å². The van der Waals surface area contributed by atoms with Crippen LogP contribution in [0.3, 0.4) is 0 Å². The van der Waals surface area contributed by atoms with Crippen LogP contribution in [0.15, 0.2) is 77.8 Å². The molecule has 33 heavy (non-hydrogen) atoms. The number of rotatable bonds is 5. The summed E-state index contributed by atoms with van der Waals surface area (Å²) in [6, 6.07) is 22.4. The Labute approximate surface area is 208 Å². The monoisotopic (exact) mass is 500 g/mol. The molecule has 0 radical (unpaired) electrons. The number of amides is 1. The van der Waals surface area contributed by atoms with Crippen LogP contribution in [-0.4, -0.2) is 22.7 Å². The molecule has 7 heteroatoms. The summed E-state index contributed by atoms with van der Waals surface area (Å²) in [6.07, 6.45) is 0. The van der Waals surface area contributed by atoms with Gasteiger partial charge in [-0.2, -0.15) is 0 Å². The minimum atomic E-state index is -0.973. The first-order chi connectivity index (χ1) is 15.7. The van der Waals surface area contributed by atoms with Crippen molar-refractivity contribution in [1.82, 2.24) is 4.90 Å². The Bertz CT molecular complexity index is 1210. The van der Waals surface area contributed by atoms with Gasteiger partial charge in [0.1, 0.15) is 22.7 Å². The Morgan fingerprint density at radius 3 is 2.00 bits per heavy atom. The van der Waals surface area contributed by atoms with Crippen molar-refractivity contribution in [3.05, 3.63) is 99.5 Å². The Morgan fingerprint density at radius 2 is 1.45 bits per heavy atom. The standard InChI is InChI=1S/C26H23Cl3N2O2/c1-4-33-22-8-6-5-7-21(22)23-30-25(2,17-9-13-19(27)14-10-17)26(3,31(23)24(29)32)18-11-15-20(28)16-12-18/h5-16H,4H2,1-3H3. The van der Waals surface area contributed by atoms with E-state index in [9.17, 15) is 4.79 Å². The average Bonchev–Trinajstić information content (AvgIpc) is 3.04. The normalized spacial score (nSPS) is 22.2. The minimum Gasteiger partial charge on any atom is -0.493 e. The number of halogens is 3. The van der Waals surface area contributed by atoms with Crippen LogP contribution in [0.25, 0.3) is 0 Å². The van der Waals surface area contributed by atoms with E-state index in [1.165, 1.54) is 0 Å². The zero-order valence-electron chi connectivity index (χ0n) is 18.5. The lowest BCUT2D eigenvalue weighted by Gasteiger charge is -2.44. The first kappa shape index (κ1) is 23.6. The predicted molar refractivity (Wildman–Crippen MR) is 135 cm³/mol.